The van der Waals surface area contributed by atoms with Crippen molar-refractivity contribution >= 4 is 12.4 Å². The predicted octanol–water partition coefficient (Wildman–Crippen LogP) is 5.23. The molecular weight excluding hydrogens is 351 g/mol. The summed E-state index contributed by atoms with van der Waals surface area (Å²) in [6.45, 7) is 4.25. The zero-order valence-electron chi connectivity index (χ0n) is 14.0. The Morgan fingerprint density at radius 1 is 1.08 bits per heavy atom. The van der Waals surface area contributed by atoms with Crippen LogP contribution < -0.4 is 10.1 Å². The van der Waals surface area contributed by atoms with E-state index in [-0.39, 0.29) is 12.4 Å². The number of nitrogens with one attached hydrogen (secondary N) is 1. The van der Waals surface area contributed by atoms with Crippen LogP contribution in [0.2, 0.25) is 0 Å². The molecule has 1 aliphatic heterocycles. The van der Waals surface area contributed by atoms with Crippen LogP contribution in [0.5, 0.6) is 5.75 Å². The average Bonchev–Trinajstić information content (AvgIpc) is 2.58. The van der Waals surface area contributed by atoms with E-state index in [1.54, 1.807) is 12.1 Å². The topological polar surface area (TPSA) is 21.3 Å². The van der Waals surface area contributed by atoms with Gasteiger partial charge in [0, 0.05) is 12.1 Å². The lowest BCUT2D eigenvalue weighted by Crippen LogP contribution is -2.24. The van der Waals surface area contributed by atoms with Crippen LogP contribution in [0, 0.1) is 0 Å². The summed E-state index contributed by atoms with van der Waals surface area (Å²) in [4.78, 5) is 0. The van der Waals surface area contributed by atoms with E-state index >= 15 is 0 Å². The van der Waals surface area contributed by atoms with Crippen molar-refractivity contribution in [2.45, 2.75) is 32.5 Å². The highest BCUT2D eigenvalue weighted by Crippen LogP contribution is 2.38. The summed E-state index contributed by atoms with van der Waals surface area (Å²) in [7, 11) is 0. The number of fused-ring (bicyclic) bond motifs is 1. The molecule has 136 valence electrons. The van der Waals surface area contributed by atoms with Crippen molar-refractivity contribution in [3.05, 3.63) is 53.1 Å². The lowest BCUT2D eigenvalue weighted by molar-refractivity contribution is -0.137. The molecule has 0 saturated heterocycles. The van der Waals surface area contributed by atoms with Gasteiger partial charge in [0.15, 0.2) is 0 Å². The number of ether oxygens (including phenoxy) is 1. The van der Waals surface area contributed by atoms with Gasteiger partial charge >= 0.3 is 6.18 Å². The van der Waals surface area contributed by atoms with Gasteiger partial charge in [-0.2, -0.15) is 13.2 Å². The van der Waals surface area contributed by atoms with Crippen molar-refractivity contribution in [2.24, 2.45) is 0 Å². The molecule has 0 atom stereocenters. The molecule has 25 heavy (non-hydrogen) atoms. The summed E-state index contributed by atoms with van der Waals surface area (Å²) in [6, 6.07) is 9.33. The van der Waals surface area contributed by atoms with Gasteiger partial charge in [-0.1, -0.05) is 25.1 Å². The molecule has 0 radical (unpaired) electrons. The van der Waals surface area contributed by atoms with Crippen LogP contribution >= 0.6 is 12.4 Å². The number of hydrogen-bond acceptors (Lipinski definition) is 2. The number of alkyl halides is 3. The Hall–Kier alpha value is -1.72. The van der Waals surface area contributed by atoms with E-state index in [4.69, 9.17) is 4.74 Å². The smallest absolute Gasteiger partial charge is 0.416 e. The van der Waals surface area contributed by atoms with Gasteiger partial charge < -0.3 is 10.1 Å². The number of rotatable bonds is 4. The van der Waals surface area contributed by atoms with E-state index in [2.05, 4.69) is 5.32 Å². The Balaban J connectivity index is 0.00000225. The molecule has 2 nitrogen and oxygen atoms in total. The minimum Gasteiger partial charge on any atom is -0.493 e. The van der Waals surface area contributed by atoms with Crippen molar-refractivity contribution in [1.29, 1.82) is 0 Å². The first-order valence-corrected chi connectivity index (χ1v) is 8.16. The second kappa shape index (κ2) is 8.11. The van der Waals surface area contributed by atoms with Gasteiger partial charge in [0.05, 0.1) is 12.2 Å². The largest absolute Gasteiger partial charge is 0.493 e. The normalized spacial score (nSPS) is 13.8. The highest BCUT2D eigenvalue weighted by atomic mass is 35.5. The second-order valence-corrected chi connectivity index (χ2v) is 5.93. The fraction of sp³-hybridized carbons (Fsp3) is 0.368. The van der Waals surface area contributed by atoms with Gasteiger partial charge in [0.1, 0.15) is 5.75 Å². The molecule has 3 rings (SSSR count). The van der Waals surface area contributed by atoms with Gasteiger partial charge in [-0.3, -0.25) is 0 Å². The summed E-state index contributed by atoms with van der Waals surface area (Å²) in [5.74, 6) is 0.747. The van der Waals surface area contributed by atoms with Crippen LogP contribution in [0.1, 0.15) is 30.0 Å². The molecule has 0 saturated carbocycles. The monoisotopic (exact) mass is 371 g/mol. The van der Waals surface area contributed by atoms with E-state index < -0.39 is 11.7 Å². The molecule has 0 aliphatic carbocycles. The summed E-state index contributed by atoms with van der Waals surface area (Å²) in [6.07, 6.45) is -2.60. The minimum atomic E-state index is -4.32. The quantitative estimate of drug-likeness (QED) is 0.794. The van der Waals surface area contributed by atoms with Crippen LogP contribution in [0.15, 0.2) is 36.4 Å². The summed E-state index contributed by atoms with van der Waals surface area (Å²) in [5.41, 5.74) is 3.42. The Morgan fingerprint density at radius 3 is 2.44 bits per heavy atom. The third-order valence-electron chi connectivity index (χ3n) is 4.20. The van der Waals surface area contributed by atoms with E-state index in [0.717, 1.165) is 54.9 Å². The third-order valence-corrected chi connectivity index (χ3v) is 4.20. The van der Waals surface area contributed by atoms with Crippen LogP contribution in [-0.2, 0) is 19.1 Å². The fourth-order valence-electron chi connectivity index (χ4n) is 3.03. The number of benzene rings is 2. The van der Waals surface area contributed by atoms with E-state index in [0.29, 0.717) is 6.61 Å². The molecule has 6 heteroatoms. The summed E-state index contributed by atoms with van der Waals surface area (Å²) < 4.78 is 44.3. The summed E-state index contributed by atoms with van der Waals surface area (Å²) >= 11 is 0. The maximum atomic E-state index is 12.8. The van der Waals surface area contributed by atoms with E-state index in [1.807, 2.05) is 19.1 Å². The number of hydrogen-bond donors (Lipinski definition) is 1. The zero-order valence-corrected chi connectivity index (χ0v) is 14.8. The maximum Gasteiger partial charge on any atom is 0.416 e. The van der Waals surface area contributed by atoms with E-state index in [9.17, 15) is 13.2 Å². The molecule has 1 N–H and O–H groups in total. The Labute approximate surface area is 151 Å². The van der Waals surface area contributed by atoms with Gasteiger partial charge in [-0.15, -0.1) is 12.4 Å². The zero-order chi connectivity index (χ0) is 17.2. The van der Waals surface area contributed by atoms with Crippen molar-refractivity contribution in [3.8, 4) is 16.9 Å². The van der Waals surface area contributed by atoms with Gasteiger partial charge in [0.25, 0.3) is 0 Å². The molecule has 0 fully saturated rings. The minimum absolute atomic E-state index is 0. The Kier molecular flexibility index (Phi) is 6.36. The molecule has 0 unspecified atom stereocenters. The standard InChI is InChI=1S/C19H20F3NO.ClH/c1-2-11-24-17-8-5-14-12-23-10-9-16(14)18(17)13-3-6-15(7-4-13)19(20,21)22;/h3-8,23H,2,9-12H2,1H3;1H. The number of halogens is 4. The van der Waals surface area contributed by atoms with Crippen LogP contribution in [-0.4, -0.2) is 13.2 Å². The lowest BCUT2D eigenvalue weighted by atomic mass is 9.90. The molecule has 1 heterocycles. The maximum absolute atomic E-state index is 12.8. The van der Waals surface area contributed by atoms with Gasteiger partial charge in [-0.25, -0.2) is 0 Å². The second-order valence-electron chi connectivity index (χ2n) is 5.93. The SMILES string of the molecule is CCCOc1ccc2c(c1-c1ccc(C(F)(F)F)cc1)CCNC2.Cl. The first kappa shape index (κ1) is 19.6. The fourth-order valence-corrected chi connectivity index (χ4v) is 3.03. The van der Waals surface area contributed by atoms with Crippen LogP contribution in [0.3, 0.4) is 0 Å². The Bertz CT molecular complexity index is 714. The van der Waals surface area contributed by atoms with Crippen molar-refractivity contribution in [2.75, 3.05) is 13.2 Å². The molecule has 2 aromatic carbocycles. The summed E-state index contributed by atoms with van der Waals surface area (Å²) in [5, 5.41) is 3.32. The van der Waals surface area contributed by atoms with Crippen molar-refractivity contribution in [3.63, 3.8) is 0 Å². The molecule has 2 aromatic rings. The molecule has 0 spiro atoms. The van der Waals surface area contributed by atoms with E-state index in [1.165, 1.54) is 11.1 Å². The van der Waals surface area contributed by atoms with Gasteiger partial charge in [-0.05, 0) is 54.3 Å². The van der Waals surface area contributed by atoms with Crippen LogP contribution in [0.25, 0.3) is 11.1 Å². The van der Waals surface area contributed by atoms with Crippen molar-refractivity contribution in [1.82, 2.24) is 5.32 Å². The molecule has 1 aliphatic rings. The van der Waals surface area contributed by atoms with Crippen molar-refractivity contribution < 1.29 is 17.9 Å². The molecule has 0 amide bonds. The molecule has 0 aromatic heterocycles. The average molecular weight is 372 g/mol. The van der Waals surface area contributed by atoms with Gasteiger partial charge in [0.2, 0.25) is 0 Å². The Morgan fingerprint density at radius 2 is 1.80 bits per heavy atom. The predicted molar refractivity (Wildman–Crippen MR) is 95.3 cm³/mol. The highest BCUT2D eigenvalue weighted by Gasteiger charge is 2.30. The lowest BCUT2D eigenvalue weighted by Gasteiger charge is -2.23. The molecular formula is C19H21ClF3NO. The molecule has 0 bridgehead atoms. The first-order valence-electron chi connectivity index (χ1n) is 8.16. The first-order chi connectivity index (χ1) is 11.5. The third kappa shape index (κ3) is 4.28. The highest BCUT2D eigenvalue weighted by molar-refractivity contribution is 5.85. The van der Waals surface area contributed by atoms with Crippen LogP contribution in [0.4, 0.5) is 13.2 Å².